The lowest BCUT2D eigenvalue weighted by atomic mass is 10.2. The van der Waals surface area contributed by atoms with Crippen molar-refractivity contribution in [3.05, 3.63) is 52.1 Å². The van der Waals surface area contributed by atoms with Crippen LogP contribution in [0.3, 0.4) is 0 Å². The number of carbonyl (C=O) groups is 1. The molecule has 1 amide bonds. The predicted octanol–water partition coefficient (Wildman–Crippen LogP) is 2.75. The summed E-state index contributed by atoms with van der Waals surface area (Å²) in [7, 11) is 1.80. The van der Waals surface area contributed by atoms with Gasteiger partial charge in [-0.2, -0.15) is 5.10 Å². The molecule has 0 aliphatic heterocycles. The van der Waals surface area contributed by atoms with E-state index in [4.69, 9.17) is 17.0 Å². The van der Waals surface area contributed by atoms with Crippen molar-refractivity contribution < 1.29 is 9.53 Å². The molecular formula is C16H20N4O2S. The first-order chi connectivity index (χ1) is 11.0. The van der Waals surface area contributed by atoms with Crippen LogP contribution < -0.4 is 10.1 Å². The molecule has 0 atom stereocenters. The smallest absolute Gasteiger partial charge is 0.251 e. The molecule has 0 aliphatic carbocycles. The fourth-order valence-electron chi connectivity index (χ4n) is 1.83. The number of ether oxygens (including phenoxy) is 1. The van der Waals surface area contributed by atoms with Gasteiger partial charge in [-0.05, 0) is 50.3 Å². The number of amides is 1. The van der Waals surface area contributed by atoms with Crippen LogP contribution in [0.5, 0.6) is 5.75 Å². The van der Waals surface area contributed by atoms with Gasteiger partial charge in [-0.1, -0.05) is 11.6 Å². The molecule has 2 rings (SSSR count). The number of hydrogen-bond donors (Lipinski definition) is 2. The number of carbonyl (C=O) groups excluding carboxylic acids is 1. The van der Waals surface area contributed by atoms with E-state index in [0.29, 0.717) is 35.1 Å². The third-order valence-electron chi connectivity index (χ3n) is 3.22. The maximum absolute atomic E-state index is 12.2. The molecule has 0 saturated heterocycles. The van der Waals surface area contributed by atoms with Crippen LogP contribution in [0.4, 0.5) is 0 Å². The van der Waals surface area contributed by atoms with Crippen molar-refractivity contribution in [3.8, 4) is 5.75 Å². The number of allylic oxidation sites excluding steroid dienone is 1. The van der Waals surface area contributed by atoms with Gasteiger partial charge in [0.05, 0.1) is 6.54 Å². The van der Waals surface area contributed by atoms with E-state index in [9.17, 15) is 4.79 Å². The third kappa shape index (κ3) is 4.79. The molecule has 23 heavy (non-hydrogen) atoms. The van der Waals surface area contributed by atoms with Crippen molar-refractivity contribution in [3.63, 3.8) is 0 Å². The van der Waals surface area contributed by atoms with E-state index in [1.807, 2.05) is 26.0 Å². The van der Waals surface area contributed by atoms with Gasteiger partial charge in [0, 0.05) is 12.6 Å². The molecule has 0 radical (unpaired) electrons. The standard InChI is InChI=1S/C16H20N4O2S/c1-11(2)7-8-22-13-6-4-5-12(9-13)15(21)17-10-14-18-19-16(23)20(14)3/h4-7,9H,8,10H2,1-3H3,(H,17,21)(H,19,23). The molecule has 122 valence electrons. The fourth-order valence-corrected chi connectivity index (χ4v) is 1.98. The van der Waals surface area contributed by atoms with Crippen LogP contribution in [-0.4, -0.2) is 27.3 Å². The van der Waals surface area contributed by atoms with Crippen LogP contribution in [0.2, 0.25) is 0 Å². The number of nitrogens with one attached hydrogen (secondary N) is 2. The summed E-state index contributed by atoms with van der Waals surface area (Å²) in [6, 6.07) is 7.08. The summed E-state index contributed by atoms with van der Waals surface area (Å²) in [6.45, 7) is 4.80. The second-order valence-corrected chi connectivity index (χ2v) is 5.69. The molecule has 0 fully saturated rings. The van der Waals surface area contributed by atoms with Crippen LogP contribution in [0.15, 0.2) is 35.9 Å². The minimum Gasteiger partial charge on any atom is -0.490 e. The number of hydrogen-bond acceptors (Lipinski definition) is 4. The Hall–Kier alpha value is -2.41. The summed E-state index contributed by atoms with van der Waals surface area (Å²) in [4.78, 5) is 12.2. The summed E-state index contributed by atoms with van der Waals surface area (Å²) in [5.74, 6) is 1.14. The fraction of sp³-hybridized carbons (Fsp3) is 0.312. The Morgan fingerprint density at radius 1 is 1.48 bits per heavy atom. The number of nitrogens with zero attached hydrogens (tertiary/aromatic N) is 2. The van der Waals surface area contributed by atoms with E-state index in [-0.39, 0.29) is 5.91 Å². The highest BCUT2D eigenvalue weighted by Crippen LogP contribution is 2.13. The zero-order valence-corrected chi connectivity index (χ0v) is 14.2. The van der Waals surface area contributed by atoms with Gasteiger partial charge in [0.25, 0.3) is 5.91 Å². The lowest BCUT2D eigenvalue weighted by molar-refractivity contribution is 0.0949. The van der Waals surface area contributed by atoms with E-state index in [2.05, 4.69) is 15.5 Å². The van der Waals surface area contributed by atoms with E-state index < -0.39 is 0 Å². The molecule has 1 aromatic carbocycles. The van der Waals surface area contributed by atoms with Gasteiger partial charge >= 0.3 is 0 Å². The summed E-state index contributed by atoms with van der Waals surface area (Å²) in [5.41, 5.74) is 1.73. The van der Waals surface area contributed by atoms with Crippen molar-refractivity contribution in [2.75, 3.05) is 6.61 Å². The molecule has 1 heterocycles. The Morgan fingerprint density at radius 2 is 2.26 bits per heavy atom. The zero-order chi connectivity index (χ0) is 16.8. The Kier molecular flexibility index (Phi) is 5.70. The van der Waals surface area contributed by atoms with E-state index >= 15 is 0 Å². The maximum atomic E-state index is 12.2. The Bertz CT molecular complexity index is 772. The van der Waals surface area contributed by atoms with Crippen LogP contribution in [0.25, 0.3) is 0 Å². The normalized spacial score (nSPS) is 10.2. The number of rotatable bonds is 6. The van der Waals surface area contributed by atoms with Crippen LogP contribution in [0, 0.1) is 4.77 Å². The van der Waals surface area contributed by atoms with Gasteiger partial charge in [-0.3, -0.25) is 9.89 Å². The monoisotopic (exact) mass is 332 g/mol. The minimum absolute atomic E-state index is 0.188. The lowest BCUT2D eigenvalue weighted by Gasteiger charge is -2.07. The Balaban J connectivity index is 1.98. The van der Waals surface area contributed by atoms with Crippen molar-refractivity contribution in [2.45, 2.75) is 20.4 Å². The van der Waals surface area contributed by atoms with Gasteiger partial charge in [0.15, 0.2) is 10.6 Å². The summed E-state index contributed by atoms with van der Waals surface area (Å²) in [5, 5.41) is 9.55. The Labute approximate surface area is 140 Å². The number of aromatic nitrogens is 3. The van der Waals surface area contributed by atoms with Gasteiger partial charge in [-0.25, -0.2) is 0 Å². The predicted molar refractivity (Wildman–Crippen MR) is 90.9 cm³/mol. The topological polar surface area (TPSA) is 71.9 Å². The first-order valence-corrected chi connectivity index (χ1v) is 7.63. The summed E-state index contributed by atoms with van der Waals surface area (Å²) >= 11 is 5.03. The zero-order valence-electron chi connectivity index (χ0n) is 13.4. The number of aromatic amines is 1. The van der Waals surface area contributed by atoms with Crippen LogP contribution >= 0.6 is 12.2 Å². The molecule has 2 aromatic rings. The minimum atomic E-state index is -0.188. The molecular weight excluding hydrogens is 312 g/mol. The summed E-state index contributed by atoms with van der Waals surface area (Å²) < 4.78 is 7.84. The van der Waals surface area contributed by atoms with Crippen molar-refractivity contribution in [1.29, 1.82) is 0 Å². The second-order valence-electron chi connectivity index (χ2n) is 5.31. The quantitative estimate of drug-likeness (QED) is 0.630. The van der Waals surface area contributed by atoms with Gasteiger partial charge < -0.3 is 14.6 Å². The average molecular weight is 332 g/mol. The van der Waals surface area contributed by atoms with E-state index in [1.54, 1.807) is 29.8 Å². The number of H-pyrrole nitrogens is 1. The third-order valence-corrected chi connectivity index (χ3v) is 3.58. The molecule has 6 nitrogen and oxygen atoms in total. The first-order valence-electron chi connectivity index (χ1n) is 7.22. The van der Waals surface area contributed by atoms with Gasteiger partial charge in [0.1, 0.15) is 12.4 Å². The maximum Gasteiger partial charge on any atom is 0.251 e. The van der Waals surface area contributed by atoms with Crippen molar-refractivity contribution in [2.24, 2.45) is 7.05 Å². The highest BCUT2D eigenvalue weighted by Gasteiger charge is 2.09. The molecule has 0 saturated carbocycles. The Morgan fingerprint density at radius 3 is 2.91 bits per heavy atom. The molecule has 2 N–H and O–H groups in total. The second kappa shape index (κ2) is 7.73. The number of benzene rings is 1. The van der Waals surface area contributed by atoms with Crippen LogP contribution in [-0.2, 0) is 13.6 Å². The SMILES string of the molecule is CC(C)=CCOc1cccc(C(=O)NCc2n[nH]c(=S)n2C)c1. The highest BCUT2D eigenvalue weighted by molar-refractivity contribution is 7.71. The van der Waals surface area contributed by atoms with Gasteiger partial charge in [0.2, 0.25) is 0 Å². The van der Waals surface area contributed by atoms with E-state index in [0.717, 1.165) is 0 Å². The summed E-state index contributed by atoms with van der Waals surface area (Å²) in [6.07, 6.45) is 1.98. The molecule has 0 aliphatic rings. The molecule has 0 bridgehead atoms. The van der Waals surface area contributed by atoms with E-state index in [1.165, 1.54) is 5.57 Å². The highest BCUT2D eigenvalue weighted by atomic mass is 32.1. The average Bonchev–Trinajstić information content (AvgIpc) is 2.84. The van der Waals surface area contributed by atoms with Crippen molar-refractivity contribution in [1.82, 2.24) is 20.1 Å². The lowest BCUT2D eigenvalue weighted by Crippen LogP contribution is -2.24. The van der Waals surface area contributed by atoms with Crippen LogP contribution in [0.1, 0.15) is 30.0 Å². The largest absolute Gasteiger partial charge is 0.490 e. The van der Waals surface area contributed by atoms with Crippen molar-refractivity contribution >= 4 is 18.1 Å². The molecule has 7 heteroatoms. The van der Waals surface area contributed by atoms with Gasteiger partial charge in [-0.15, -0.1) is 0 Å². The molecule has 0 unspecified atom stereocenters. The molecule has 1 aromatic heterocycles. The first kappa shape index (κ1) is 17.0. The molecule has 0 spiro atoms.